The fraction of sp³-hybridized carbons (Fsp3) is 0.208. The molecule has 6 nitrogen and oxygen atoms in total. The van der Waals surface area contributed by atoms with Gasteiger partial charge in [-0.25, -0.2) is 9.37 Å². The lowest BCUT2D eigenvalue weighted by molar-refractivity contribution is -0.121. The number of carbonyl (C=O) groups excluding carboxylic acids is 1. The molecule has 0 atom stereocenters. The molecule has 0 radical (unpaired) electrons. The van der Waals surface area contributed by atoms with E-state index in [1.807, 2.05) is 48.7 Å². The van der Waals surface area contributed by atoms with E-state index in [4.69, 9.17) is 0 Å². The second-order valence-electron chi connectivity index (χ2n) is 7.48. The van der Waals surface area contributed by atoms with Gasteiger partial charge in [0.2, 0.25) is 5.91 Å². The zero-order valence-electron chi connectivity index (χ0n) is 17.4. The number of aromatic nitrogens is 3. The number of rotatable bonds is 6. The molecule has 0 fully saturated rings. The van der Waals surface area contributed by atoms with Gasteiger partial charge in [0.25, 0.3) is 5.56 Å². The number of halogens is 1. The van der Waals surface area contributed by atoms with Gasteiger partial charge in [0.05, 0.1) is 11.7 Å². The van der Waals surface area contributed by atoms with Crippen molar-refractivity contribution in [2.45, 2.75) is 33.4 Å². The van der Waals surface area contributed by atoms with Crippen LogP contribution in [0.2, 0.25) is 0 Å². The SMILES string of the molecule is Cc1c(C)n(-c2ccccc2)c2ncn(CCC(=O)NCc3cccc(F)c3)c(=O)c12. The summed E-state index contributed by atoms with van der Waals surface area (Å²) in [5, 5.41) is 3.31. The van der Waals surface area contributed by atoms with Crippen molar-refractivity contribution in [3.05, 3.63) is 93.9 Å². The Bertz CT molecular complexity index is 1310. The maximum atomic E-state index is 13.2. The van der Waals surface area contributed by atoms with Crippen molar-refractivity contribution in [1.82, 2.24) is 19.4 Å². The van der Waals surface area contributed by atoms with Gasteiger partial charge in [-0.3, -0.25) is 18.7 Å². The molecule has 0 saturated carbocycles. The number of aryl methyl sites for hydroxylation is 2. The number of nitrogens with one attached hydrogen (secondary N) is 1. The summed E-state index contributed by atoms with van der Waals surface area (Å²) in [4.78, 5) is 29.9. The summed E-state index contributed by atoms with van der Waals surface area (Å²) in [7, 11) is 0. The number of para-hydroxylation sites is 1. The molecular weight excluding hydrogens is 395 g/mol. The van der Waals surface area contributed by atoms with Gasteiger partial charge in [-0.1, -0.05) is 30.3 Å². The van der Waals surface area contributed by atoms with Crippen LogP contribution in [0, 0.1) is 19.7 Å². The van der Waals surface area contributed by atoms with Crippen molar-refractivity contribution in [2.75, 3.05) is 0 Å². The Hall–Kier alpha value is -3.74. The number of amides is 1. The highest BCUT2D eigenvalue weighted by Crippen LogP contribution is 2.24. The Labute approximate surface area is 179 Å². The average Bonchev–Trinajstić information content (AvgIpc) is 3.03. The van der Waals surface area contributed by atoms with Gasteiger partial charge < -0.3 is 5.32 Å². The molecule has 2 heterocycles. The molecule has 1 amide bonds. The third-order valence-electron chi connectivity index (χ3n) is 5.46. The Kier molecular flexibility index (Phi) is 5.66. The molecule has 0 spiro atoms. The lowest BCUT2D eigenvalue weighted by atomic mass is 10.2. The summed E-state index contributed by atoms with van der Waals surface area (Å²) in [6.45, 7) is 4.33. The molecule has 0 saturated heterocycles. The Morgan fingerprint density at radius 3 is 2.61 bits per heavy atom. The average molecular weight is 418 g/mol. The Morgan fingerprint density at radius 2 is 1.87 bits per heavy atom. The van der Waals surface area contributed by atoms with Crippen LogP contribution in [0.5, 0.6) is 0 Å². The van der Waals surface area contributed by atoms with E-state index < -0.39 is 0 Å². The lowest BCUT2D eigenvalue weighted by Crippen LogP contribution is -2.27. The lowest BCUT2D eigenvalue weighted by Gasteiger charge is -2.09. The summed E-state index contributed by atoms with van der Waals surface area (Å²) < 4.78 is 16.7. The molecule has 0 aliphatic carbocycles. The third kappa shape index (κ3) is 4.12. The quantitative estimate of drug-likeness (QED) is 0.520. The molecule has 0 bridgehead atoms. The zero-order chi connectivity index (χ0) is 22.0. The number of benzene rings is 2. The molecule has 2 aromatic heterocycles. The van der Waals surface area contributed by atoms with Crippen molar-refractivity contribution in [2.24, 2.45) is 0 Å². The van der Waals surface area contributed by atoms with Crippen molar-refractivity contribution in [1.29, 1.82) is 0 Å². The normalized spacial score (nSPS) is 11.1. The standard InChI is InChI=1S/C24H23FN4O2/c1-16-17(2)29(20-9-4-3-5-10-20)23-22(16)24(31)28(15-27-23)12-11-21(30)26-14-18-7-6-8-19(25)13-18/h3-10,13,15H,11-12,14H2,1-2H3,(H,26,30). The second kappa shape index (κ2) is 8.55. The fourth-order valence-corrected chi connectivity index (χ4v) is 3.70. The van der Waals surface area contributed by atoms with E-state index in [9.17, 15) is 14.0 Å². The van der Waals surface area contributed by atoms with E-state index >= 15 is 0 Å². The van der Waals surface area contributed by atoms with E-state index in [1.54, 1.807) is 12.1 Å². The first-order chi connectivity index (χ1) is 15.0. The largest absolute Gasteiger partial charge is 0.352 e. The second-order valence-corrected chi connectivity index (χ2v) is 7.48. The van der Waals surface area contributed by atoms with Crippen LogP contribution in [-0.2, 0) is 17.9 Å². The van der Waals surface area contributed by atoms with E-state index in [1.165, 1.54) is 23.0 Å². The Balaban J connectivity index is 1.53. The number of nitrogens with zero attached hydrogens (tertiary/aromatic N) is 3. The number of fused-ring (bicyclic) bond motifs is 1. The number of hydrogen-bond acceptors (Lipinski definition) is 3. The first kappa shape index (κ1) is 20.5. The van der Waals surface area contributed by atoms with Gasteiger partial charge in [-0.2, -0.15) is 0 Å². The van der Waals surface area contributed by atoms with Crippen molar-refractivity contribution < 1.29 is 9.18 Å². The van der Waals surface area contributed by atoms with Gasteiger partial charge in [0, 0.05) is 30.9 Å². The molecule has 1 N–H and O–H groups in total. The fourth-order valence-electron chi connectivity index (χ4n) is 3.70. The molecule has 31 heavy (non-hydrogen) atoms. The molecule has 0 aliphatic rings. The van der Waals surface area contributed by atoms with Crippen LogP contribution in [-0.4, -0.2) is 20.0 Å². The molecule has 0 aliphatic heterocycles. The van der Waals surface area contributed by atoms with E-state index in [-0.39, 0.29) is 36.8 Å². The van der Waals surface area contributed by atoms with Gasteiger partial charge in [0.15, 0.2) is 5.65 Å². The number of carbonyl (C=O) groups is 1. The number of hydrogen-bond donors (Lipinski definition) is 1. The minimum absolute atomic E-state index is 0.125. The van der Waals surface area contributed by atoms with E-state index in [0.717, 1.165) is 16.9 Å². The first-order valence-electron chi connectivity index (χ1n) is 10.1. The molecule has 4 aromatic rings. The van der Waals surface area contributed by atoms with Crippen LogP contribution in [0.4, 0.5) is 4.39 Å². The maximum Gasteiger partial charge on any atom is 0.263 e. The maximum absolute atomic E-state index is 13.2. The van der Waals surface area contributed by atoms with Crippen LogP contribution in [0.25, 0.3) is 16.7 Å². The van der Waals surface area contributed by atoms with Gasteiger partial charge >= 0.3 is 0 Å². The third-order valence-corrected chi connectivity index (χ3v) is 5.46. The molecular formula is C24H23FN4O2. The highest BCUT2D eigenvalue weighted by atomic mass is 19.1. The van der Waals surface area contributed by atoms with Gasteiger partial charge in [-0.05, 0) is 49.2 Å². The molecule has 7 heteroatoms. The van der Waals surface area contributed by atoms with E-state index in [2.05, 4.69) is 10.3 Å². The van der Waals surface area contributed by atoms with E-state index in [0.29, 0.717) is 16.6 Å². The van der Waals surface area contributed by atoms with Gasteiger partial charge in [0.1, 0.15) is 5.82 Å². The zero-order valence-corrected chi connectivity index (χ0v) is 17.4. The first-order valence-corrected chi connectivity index (χ1v) is 10.1. The highest BCUT2D eigenvalue weighted by molar-refractivity contribution is 5.83. The highest BCUT2D eigenvalue weighted by Gasteiger charge is 2.18. The van der Waals surface area contributed by atoms with Crippen molar-refractivity contribution >= 4 is 16.9 Å². The predicted octanol–water partition coefficient (Wildman–Crippen LogP) is 3.65. The topological polar surface area (TPSA) is 68.9 Å². The van der Waals surface area contributed by atoms with Crippen LogP contribution < -0.4 is 10.9 Å². The smallest absolute Gasteiger partial charge is 0.263 e. The predicted molar refractivity (Wildman–Crippen MR) is 118 cm³/mol. The van der Waals surface area contributed by atoms with Crippen LogP contribution in [0.15, 0.2) is 65.7 Å². The van der Waals surface area contributed by atoms with Gasteiger partial charge in [-0.15, -0.1) is 0 Å². The molecule has 2 aromatic carbocycles. The molecule has 0 unspecified atom stereocenters. The van der Waals surface area contributed by atoms with Crippen LogP contribution in [0.1, 0.15) is 23.2 Å². The summed E-state index contributed by atoms with van der Waals surface area (Å²) >= 11 is 0. The Morgan fingerprint density at radius 1 is 1.10 bits per heavy atom. The molecule has 4 rings (SSSR count). The summed E-state index contributed by atoms with van der Waals surface area (Å²) in [6.07, 6.45) is 1.61. The monoisotopic (exact) mass is 418 g/mol. The minimum atomic E-state index is -0.342. The van der Waals surface area contributed by atoms with Crippen LogP contribution >= 0.6 is 0 Å². The van der Waals surface area contributed by atoms with Crippen molar-refractivity contribution in [3.8, 4) is 5.69 Å². The summed E-state index contributed by atoms with van der Waals surface area (Å²) in [6, 6.07) is 15.9. The van der Waals surface area contributed by atoms with Crippen molar-refractivity contribution in [3.63, 3.8) is 0 Å². The van der Waals surface area contributed by atoms with Crippen LogP contribution in [0.3, 0.4) is 0 Å². The summed E-state index contributed by atoms with van der Waals surface area (Å²) in [5.41, 5.74) is 3.90. The summed E-state index contributed by atoms with van der Waals surface area (Å²) in [5.74, 6) is -0.559. The molecule has 158 valence electrons. The minimum Gasteiger partial charge on any atom is -0.352 e.